The molecule has 1 N–H and O–H groups in total. The average Bonchev–Trinajstić information content (AvgIpc) is 2.51. The molecular weight excluding hydrogens is 274 g/mol. The van der Waals surface area contributed by atoms with E-state index in [2.05, 4.69) is 10.1 Å². The van der Waals surface area contributed by atoms with Gasteiger partial charge in [-0.1, -0.05) is 30.3 Å². The third-order valence-electron chi connectivity index (χ3n) is 2.83. The molecule has 0 saturated carbocycles. The highest BCUT2D eigenvalue weighted by molar-refractivity contribution is 5.89. The van der Waals surface area contributed by atoms with Crippen LogP contribution >= 0.6 is 0 Å². The van der Waals surface area contributed by atoms with Gasteiger partial charge in [-0.2, -0.15) is 0 Å². The number of esters is 1. The molecule has 0 aromatic heterocycles. The number of ether oxygens (including phenoxy) is 2. The van der Waals surface area contributed by atoms with E-state index in [-0.39, 0.29) is 25.2 Å². The minimum absolute atomic E-state index is 0.000413. The van der Waals surface area contributed by atoms with Crippen molar-refractivity contribution < 1.29 is 23.9 Å². The standard InChI is InChI=1S/C15H19NO5/c1-11(13(17)8-9-14(18)20-2)16-15(19)21-10-12-6-4-3-5-7-12/h3-7,11H,8-10H2,1-2H3,(H,16,19)/t11-/m0/s1. The molecule has 0 heterocycles. The van der Waals surface area contributed by atoms with Crippen LogP contribution in [0, 0.1) is 0 Å². The molecule has 6 nitrogen and oxygen atoms in total. The second-order valence-corrected chi connectivity index (χ2v) is 4.47. The molecule has 1 amide bonds. The second-order valence-electron chi connectivity index (χ2n) is 4.47. The van der Waals surface area contributed by atoms with Crippen LogP contribution in [0.3, 0.4) is 0 Å². The Labute approximate surface area is 123 Å². The first-order valence-electron chi connectivity index (χ1n) is 6.59. The van der Waals surface area contributed by atoms with E-state index in [9.17, 15) is 14.4 Å². The van der Waals surface area contributed by atoms with Crippen molar-refractivity contribution in [2.24, 2.45) is 0 Å². The van der Waals surface area contributed by atoms with Crippen molar-refractivity contribution >= 4 is 17.8 Å². The molecule has 114 valence electrons. The van der Waals surface area contributed by atoms with Crippen LogP contribution in [0.2, 0.25) is 0 Å². The molecule has 0 aliphatic rings. The quantitative estimate of drug-likeness (QED) is 0.775. The van der Waals surface area contributed by atoms with Crippen molar-refractivity contribution in [1.82, 2.24) is 5.32 Å². The highest BCUT2D eigenvalue weighted by Gasteiger charge is 2.17. The molecule has 0 spiro atoms. The topological polar surface area (TPSA) is 81.7 Å². The van der Waals surface area contributed by atoms with Crippen LogP contribution in [0.5, 0.6) is 0 Å². The van der Waals surface area contributed by atoms with Gasteiger partial charge in [0.05, 0.1) is 19.6 Å². The Morgan fingerprint density at radius 2 is 1.81 bits per heavy atom. The zero-order valence-corrected chi connectivity index (χ0v) is 12.1. The van der Waals surface area contributed by atoms with Gasteiger partial charge in [-0.15, -0.1) is 0 Å². The monoisotopic (exact) mass is 293 g/mol. The lowest BCUT2D eigenvalue weighted by atomic mass is 10.1. The van der Waals surface area contributed by atoms with E-state index in [0.717, 1.165) is 5.56 Å². The number of carbonyl (C=O) groups is 3. The summed E-state index contributed by atoms with van der Waals surface area (Å²) in [5, 5.41) is 2.43. The van der Waals surface area contributed by atoms with Gasteiger partial charge >= 0.3 is 12.1 Å². The number of hydrogen-bond donors (Lipinski definition) is 1. The average molecular weight is 293 g/mol. The van der Waals surface area contributed by atoms with E-state index >= 15 is 0 Å². The van der Waals surface area contributed by atoms with Gasteiger partial charge in [-0.25, -0.2) is 4.79 Å². The number of ketones is 1. The Bertz CT molecular complexity index is 486. The molecule has 0 saturated heterocycles. The largest absolute Gasteiger partial charge is 0.469 e. The molecule has 0 unspecified atom stereocenters. The van der Waals surface area contributed by atoms with Crippen molar-refractivity contribution in [3.05, 3.63) is 35.9 Å². The third kappa shape index (κ3) is 6.56. The lowest BCUT2D eigenvalue weighted by Crippen LogP contribution is -2.38. The molecule has 1 rings (SSSR count). The van der Waals surface area contributed by atoms with Crippen LogP contribution in [0.15, 0.2) is 30.3 Å². The van der Waals surface area contributed by atoms with E-state index in [4.69, 9.17) is 4.74 Å². The van der Waals surface area contributed by atoms with Crippen LogP contribution in [-0.4, -0.2) is 31.0 Å². The number of amides is 1. The van der Waals surface area contributed by atoms with Crippen molar-refractivity contribution in [2.45, 2.75) is 32.4 Å². The van der Waals surface area contributed by atoms with Crippen LogP contribution < -0.4 is 5.32 Å². The molecule has 0 aliphatic carbocycles. The SMILES string of the molecule is COC(=O)CCC(=O)[C@H](C)NC(=O)OCc1ccccc1. The number of methoxy groups -OCH3 is 1. The summed E-state index contributed by atoms with van der Waals surface area (Å²) in [6.45, 7) is 1.68. The predicted octanol–water partition coefficient (Wildman–Crippen LogP) is 1.82. The number of alkyl carbamates (subject to hydrolysis) is 1. The molecule has 0 radical (unpaired) electrons. The lowest BCUT2D eigenvalue weighted by Gasteiger charge is -2.12. The van der Waals surface area contributed by atoms with Crippen molar-refractivity contribution in [1.29, 1.82) is 0 Å². The Kier molecular flexibility index (Phi) is 6.94. The number of carbonyl (C=O) groups excluding carboxylic acids is 3. The van der Waals surface area contributed by atoms with Crippen LogP contribution in [0.25, 0.3) is 0 Å². The number of benzene rings is 1. The van der Waals surface area contributed by atoms with Crippen molar-refractivity contribution in [3.8, 4) is 0 Å². The molecule has 0 fully saturated rings. The summed E-state index contributed by atoms with van der Waals surface area (Å²) in [5.41, 5.74) is 0.859. The van der Waals surface area contributed by atoms with Crippen molar-refractivity contribution in [2.75, 3.05) is 7.11 Å². The Balaban J connectivity index is 2.29. The highest BCUT2D eigenvalue weighted by atomic mass is 16.5. The summed E-state index contributed by atoms with van der Waals surface area (Å²) in [5.74, 6) is -0.709. The van der Waals surface area contributed by atoms with E-state index in [1.165, 1.54) is 7.11 Å². The fourth-order valence-corrected chi connectivity index (χ4v) is 1.57. The Morgan fingerprint density at radius 1 is 1.14 bits per heavy atom. The highest BCUT2D eigenvalue weighted by Crippen LogP contribution is 2.02. The first-order valence-corrected chi connectivity index (χ1v) is 6.59. The van der Waals surface area contributed by atoms with Crippen LogP contribution in [-0.2, 0) is 25.7 Å². The predicted molar refractivity (Wildman–Crippen MR) is 75.5 cm³/mol. The van der Waals surface area contributed by atoms with Gasteiger partial charge in [0.15, 0.2) is 5.78 Å². The lowest BCUT2D eigenvalue weighted by molar-refractivity contribution is -0.142. The number of Topliss-reactive ketones (excluding diaryl/α,β-unsaturated/α-hetero) is 1. The summed E-state index contributed by atoms with van der Waals surface area (Å²) < 4.78 is 9.45. The maximum absolute atomic E-state index is 11.7. The maximum Gasteiger partial charge on any atom is 0.408 e. The van der Waals surface area contributed by atoms with Gasteiger partial charge < -0.3 is 14.8 Å². The van der Waals surface area contributed by atoms with E-state index in [1.54, 1.807) is 6.92 Å². The van der Waals surface area contributed by atoms with E-state index < -0.39 is 18.1 Å². The third-order valence-corrected chi connectivity index (χ3v) is 2.83. The molecule has 1 aromatic rings. The first-order chi connectivity index (χ1) is 10.0. The fraction of sp³-hybridized carbons (Fsp3) is 0.400. The molecule has 6 heteroatoms. The van der Waals surface area contributed by atoms with Gasteiger partial charge in [0.25, 0.3) is 0 Å². The van der Waals surface area contributed by atoms with Crippen molar-refractivity contribution in [3.63, 3.8) is 0 Å². The molecule has 0 bridgehead atoms. The van der Waals surface area contributed by atoms with Gasteiger partial charge in [0, 0.05) is 6.42 Å². The molecule has 1 aromatic carbocycles. The summed E-state index contributed by atoms with van der Waals surface area (Å²) in [6, 6.07) is 8.51. The Hall–Kier alpha value is -2.37. The van der Waals surface area contributed by atoms with Crippen LogP contribution in [0.1, 0.15) is 25.3 Å². The number of nitrogens with one attached hydrogen (secondary N) is 1. The molecule has 21 heavy (non-hydrogen) atoms. The minimum Gasteiger partial charge on any atom is -0.469 e. The summed E-state index contributed by atoms with van der Waals surface area (Å²) in [6.07, 6.45) is -0.648. The zero-order chi connectivity index (χ0) is 15.7. The number of hydrogen-bond acceptors (Lipinski definition) is 5. The van der Waals surface area contributed by atoms with E-state index in [0.29, 0.717) is 0 Å². The van der Waals surface area contributed by atoms with Gasteiger partial charge in [-0.05, 0) is 12.5 Å². The van der Waals surface area contributed by atoms with Crippen LogP contribution in [0.4, 0.5) is 4.79 Å². The number of rotatable bonds is 7. The summed E-state index contributed by atoms with van der Waals surface area (Å²) in [4.78, 5) is 34.2. The second kappa shape index (κ2) is 8.73. The molecule has 1 atom stereocenters. The molecule has 0 aliphatic heterocycles. The van der Waals surface area contributed by atoms with E-state index in [1.807, 2.05) is 30.3 Å². The smallest absolute Gasteiger partial charge is 0.408 e. The summed E-state index contributed by atoms with van der Waals surface area (Å²) in [7, 11) is 1.26. The first kappa shape index (κ1) is 16.7. The molecular formula is C15H19NO5. The summed E-state index contributed by atoms with van der Waals surface area (Å²) >= 11 is 0. The fourth-order valence-electron chi connectivity index (χ4n) is 1.57. The Morgan fingerprint density at radius 3 is 2.43 bits per heavy atom. The van der Waals surface area contributed by atoms with Gasteiger partial charge in [0.2, 0.25) is 0 Å². The zero-order valence-electron chi connectivity index (χ0n) is 12.1. The normalized spacial score (nSPS) is 11.3. The minimum atomic E-state index is -0.710. The van der Waals surface area contributed by atoms with Gasteiger partial charge in [-0.3, -0.25) is 9.59 Å². The maximum atomic E-state index is 11.7. The van der Waals surface area contributed by atoms with Gasteiger partial charge in [0.1, 0.15) is 6.61 Å².